The maximum atomic E-state index is 5.68. The van der Waals surface area contributed by atoms with Crippen molar-refractivity contribution in [2.24, 2.45) is 0 Å². The predicted octanol–water partition coefficient (Wildman–Crippen LogP) is 2.51. The topological polar surface area (TPSA) is 54.2 Å². The lowest BCUT2D eigenvalue weighted by Gasteiger charge is -2.17. The monoisotopic (exact) mass is 246 g/mol. The van der Waals surface area contributed by atoms with E-state index in [4.69, 9.17) is 4.42 Å². The molecule has 2 aromatic rings. The van der Waals surface area contributed by atoms with Gasteiger partial charge in [0, 0.05) is 12.2 Å². The highest BCUT2D eigenvalue weighted by molar-refractivity contribution is 5.55. The third-order valence-corrected chi connectivity index (χ3v) is 2.85. The third-order valence-electron chi connectivity index (χ3n) is 2.85. The van der Waals surface area contributed by atoms with Crippen LogP contribution in [-0.4, -0.2) is 23.8 Å². The maximum absolute atomic E-state index is 5.68. The van der Waals surface area contributed by atoms with Gasteiger partial charge in [0.2, 0.25) is 5.89 Å². The van der Waals surface area contributed by atoms with Crippen molar-refractivity contribution in [2.75, 3.05) is 18.5 Å². The number of aromatic nitrogens is 2. The van der Waals surface area contributed by atoms with Gasteiger partial charge in [-0.2, -0.15) is 0 Å². The summed E-state index contributed by atoms with van der Waals surface area (Å²) >= 11 is 0. The molecule has 5 nitrogen and oxygen atoms in total. The molecule has 0 spiro atoms. The van der Waals surface area contributed by atoms with Gasteiger partial charge >= 0.3 is 6.01 Å². The quantitative estimate of drug-likeness (QED) is 0.878. The van der Waals surface area contributed by atoms with Crippen molar-refractivity contribution in [3.63, 3.8) is 0 Å². The van der Waals surface area contributed by atoms with Gasteiger partial charge in [-0.15, -0.1) is 5.10 Å². The minimum atomic E-state index is 0.0562. The normalized spacial score (nSPS) is 12.4. The first-order chi connectivity index (χ1) is 8.76. The fourth-order valence-corrected chi connectivity index (χ4v) is 1.67. The highest BCUT2D eigenvalue weighted by Gasteiger charge is 2.17. The van der Waals surface area contributed by atoms with Crippen LogP contribution in [0.4, 0.5) is 11.7 Å². The molecule has 1 aromatic heterocycles. The third kappa shape index (κ3) is 2.51. The zero-order valence-corrected chi connectivity index (χ0v) is 10.9. The van der Waals surface area contributed by atoms with Gasteiger partial charge in [0.1, 0.15) is 0 Å². The van der Waals surface area contributed by atoms with Crippen molar-refractivity contribution in [3.8, 4) is 0 Å². The first-order valence-electron chi connectivity index (χ1n) is 6.09. The van der Waals surface area contributed by atoms with Crippen molar-refractivity contribution in [1.82, 2.24) is 15.5 Å². The smallest absolute Gasteiger partial charge is 0.322 e. The summed E-state index contributed by atoms with van der Waals surface area (Å²) < 4.78 is 5.68. The van der Waals surface area contributed by atoms with E-state index in [1.807, 2.05) is 49.2 Å². The molecule has 0 amide bonds. The number of anilines is 2. The van der Waals surface area contributed by atoms with E-state index >= 15 is 0 Å². The molecule has 1 unspecified atom stereocenters. The van der Waals surface area contributed by atoms with Crippen LogP contribution >= 0.6 is 0 Å². The molecule has 1 heterocycles. The zero-order chi connectivity index (χ0) is 13.0. The van der Waals surface area contributed by atoms with Crippen LogP contribution in [0.5, 0.6) is 0 Å². The molecule has 5 heteroatoms. The van der Waals surface area contributed by atoms with Crippen molar-refractivity contribution in [3.05, 3.63) is 36.2 Å². The van der Waals surface area contributed by atoms with Crippen molar-refractivity contribution < 1.29 is 4.42 Å². The van der Waals surface area contributed by atoms with Gasteiger partial charge in [-0.3, -0.25) is 4.90 Å². The van der Waals surface area contributed by atoms with E-state index in [0.29, 0.717) is 11.9 Å². The first kappa shape index (κ1) is 12.6. The summed E-state index contributed by atoms with van der Waals surface area (Å²) in [7, 11) is 1.86. The lowest BCUT2D eigenvalue weighted by molar-refractivity contribution is 0.435. The number of nitrogens with one attached hydrogen (secondary N) is 1. The van der Waals surface area contributed by atoms with Crippen LogP contribution in [0.25, 0.3) is 0 Å². The van der Waals surface area contributed by atoms with Gasteiger partial charge in [-0.1, -0.05) is 23.3 Å². The number of rotatable bonds is 5. The van der Waals surface area contributed by atoms with Gasteiger partial charge < -0.3 is 9.73 Å². The highest BCUT2D eigenvalue weighted by atomic mass is 16.4. The number of nitrogens with zero attached hydrogens (tertiary/aromatic N) is 3. The Morgan fingerprint density at radius 1 is 1.28 bits per heavy atom. The second-order valence-corrected chi connectivity index (χ2v) is 4.01. The molecule has 1 aromatic carbocycles. The van der Waals surface area contributed by atoms with Crippen molar-refractivity contribution in [1.29, 1.82) is 0 Å². The molecule has 0 fully saturated rings. The van der Waals surface area contributed by atoms with Gasteiger partial charge in [0.15, 0.2) is 0 Å². The molecule has 0 aliphatic carbocycles. The van der Waals surface area contributed by atoms with Crippen LogP contribution in [0.3, 0.4) is 0 Å². The lowest BCUT2D eigenvalue weighted by Crippen LogP contribution is -2.16. The Morgan fingerprint density at radius 3 is 2.61 bits per heavy atom. The van der Waals surface area contributed by atoms with Gasteiger partial charge in [-0.05, 0) is 33.0 Å². The second-order valence-electron chi connectivity index (χ2n) is 4.01. The Labute approximate surface area is 107 Å². The first-order valence-corrected chi connectivity index (χ1v) is 6.09. The van der Waals surface area contributed by atoms with Gasteiger partial charge in [0.05, 0.1) is 6.04 Å². The van der Waals surface area contributed by atoms with Crippen LogP contribution in [0.2, 0.25) is 0 Å². The minimum absolute atomic E-state index is 0.0562. The van der Waals surface area contributed by atoms with E-state index in [1.165, 1.54) is 0 Å². The Hall–Kier alpha value is -1.88. The van der Waals surface area contributed by atoms with E-state index in [1.54, 1.807) is 0 Å². The number of benzene rings is 1. The molecule has 0 saturated carbocycles. The summed E-state index contributed by atoms with van der Waals surface area (Å²) in [5, 5.41) is 11.2. The minimum Gasteiger partial charge on any atom is -0.406 e. The Kier molecular flexibility index (Phi) is 3.94. The molecular formula is C13H18N4O. The van der Waals surface area contributed by atoms with E-state index in [9.17, 15) is 0 Å². The summed E-state index contributed by atoms with van der Waals surface area (Å²) in [4.78, 5) is 1.98. The average Bonchev–Trinajstić information content (AvgIpc) is 2.89. The van der Waals surface area contributed by atoms with E-state index < -0.39 is 0 Å². The summed E-state index contributed by atoms with van der Waals surface area (Å²) in [5.41, 5.74) is 1.05. The number of hydrogen-bond acceptors (Lipinski definition) is 5. The Bertz CT molecular complexity index is 483. The summed E-state index contributed by atoms with van der Waals surface area (Å²) in [6.07, 6.45) is 0. The second kappa shape index (κ2) is 5.64. The van der Waals surface area contributed by atoms with Gasteiger partial charge in [-0.25, -0.2) is 0 Å². The SMILES string of the molecule is CCN(c1ccccc1)c1nnc(C(C)NC)o1. The molecule has 96 valence electrons. The van der Waals surface area contributed by atoms with Crippen molar-refractivity contribution >= 4 is 11.7 Å². The van der Waals surface area contributed by atoms with Gasteiger partial charge in [0.25, 0.3) is 0 Å². The average molecular weight is 246 g/mol. The standard InChI is InChI=1S/C13H18N4O/c1-4-17(11-8-6-5-7-9-11)13-16-15-12(18-13)10(2)14-3/h5-10,14H,4H2,1-3H3. The summed E-state index contributed by atoms with van der Waals surface area (Å²) in [5.74, 6) is 0.599. The molecular weight excluding hydrogens is 228 g/mol. The van der Waals surface area contributed by atoms with Crippen LogP contribution in [0.1, 0.15) is 25.8 Å². The number of hydrogen-bond donors (Lipinski definition) is 1. The maximum Gasteiger partial charge on any atom is 0.322 e. The molecule has 1 N–H and O–H groups in total. The van der Waals surface area contributed by atoms with E-state index in [-0.39, 0.29) is 6.04 Å². The van der Waals surface area contributed by atoms with Crippen LogP contribution in [0.15, 0.2) is 34.7 Å². The lowest BCUT2D eigenvalue weighted by atomic mass is 10.3. The number of para-hydroxylation sites is 1. The fourth-order valence-electron chi connectivity index (χ4n) is 1.67. The molecule has 0 aliphatic rings. The molecule has 0 aliphatic heterocycles. The van der Waals surface area contributed by atoms with E-state index in [2.05, 4.69) is 22.4 Å². The summed E-state index contributed by atoms with van der Waals surface area (Å²) in [6, 6.07) is 10.6. The van der Waals surface area contributed by atoms with Crippen LogP contribution in [0, 0.1) is 0 Å². The Balaban J connectivity index is 2.26. The predicted molar refractivity (Wildman–Crippen MR) is 70.9 cm³/mol. The van der Waals surface area contributed by atoms with Crippen LogP contribution in [-0.2, 0) is 0 Å². The largest absolute Gasteiger partial charge is 0.406 e. The Morgan fingerprint density at radius 2 is 2.00 bits per heavy atom. The molecule has 2 rings (SSSR count). The molecule has 0 bridgehead atoms. The molecule has 0 saturated heterocycles. The summed E-state index contributed by atoms with van der Waals surface area (Å²) in [6.45, 7) is 4.81. The fraction of sp³-hybridized carbons (Fsp3) is 0.385. The molecule has 1 atom stereocenters. The molecule has 18 heavy (non-hydrogen) atoms. The van der Waals surface area contributed by atoms with Crippen molar-refractivity contribution in [2.45, 2.75) is 19.9 Å². The van der Waals surface area contributed by atoms with Crippen LogP contribution < -0.4 is 10.2 Å². The highest BCUT2D eigenvalue weighted by Crippen LogP contribution is 2.24. The molecule has 0 radical (unpaired) electrons. The zero-order valence-electron chi connectivity index (χ0n) is 10.9. The van der Waals surface area contributed by atoms with E-state index in [0.717, 1.165) is 12.2 Å².